The van der Waals surface area contributed by atoms with Gasteiger partial charge in [-0.2, -0.15) is 0 Å². The van der Waals surface area contributed by atoms with Crippen molar-refractivity contribution in [3.63, 3.8) is 0 Å². The fourth-order valence-electron chi connectivity index (χ4n) is 1.32. The van der Waals surface area contributed by atoms with E-state index < -0.39 is 0 Å². The first-order chi connectivity index (χ1) is 5.33. The van der Waals surface area contributed by atoms with E-state index in [4.69, 9.17) is 5.14 Å². The quantitative estimate of drug-likeness (QED) is 0.597. The SMILES string of the molecule is NSCCN1CCC(O)CC1. The summed E-state index contributed by atoms with van der Waals surface area (Å²) in [5, 5.41) is 14.5. The Morgan fingerprint density at radius 2 is 2.09 bits per heavy atom. The van der Waals surface area contributed by atoms with Gasteiger partial charge in [-0.25, -0.2) is 0 Å². The van der Waals surface area contributed by atoms with Gasteiger partial charge in [0.15, 0.2) is 0 Å². The van der Waals surface area contributed by atoms with Crippen molar-refractivity contribution in [2.45, 2.75) is 18.9 Å². The van der Waals surface area contributed by atoms with Crippen LogP contribution < -0.4 is 5.14 Å². The van der Waals surface area contributed by atoms with Gasteiger partial charge in [-0.05, 0) is 12.8 Å². The molecule has 0 aliphatic carbocycles. The highest BCUT2D eigenvalue weighted by atomic mass is 32.2. The highest BCUT2D eigenvalue weighted by Crippen LogP contribution is 2.09. The van der Waals surface area contributed by atoms with Crippen molar-refractivity contribution < 1.29 is 5.11 Å². The molecule has 0 radical (unpaired) electrons. The predicted octanol–water partition coefficient (Wildman–Crippen LogP) is 0.0500. The van der Waals surface area contributed by atoms with Gasteiger partial charge in [0, 0.05) is 25.4 Å². The summed E-state index contributed by atoms with van der Waals surface area (Å²) in [5.74, 6) is 0.996. The van der Waals surface area contributed by atoms with Crippen LogP contribution in [0.1, 0.15) is 12.8 Å². The van der Waals surface area contributed by atoms with Crippen molar-refractivity contribution in [3.05, 3.63) is 0 Å². The molecule has 0 atom stereocenters. The Morgan fingerprint density at radius 1 is 1.45 bits per heavy atom. The summed E-state index contributed by atoms with van der Waals surface area (Å²) in [6.07, 6.45) is 1.79. The summed E-state index contributed by atoms with van der Waals surface area (Å²) in [5.41, 5.74) is 0. The molecule has 0 saturated carbocycles. The molecule has 0 aromatic rings. The summed E-state index contributed by atoms with van der Waals surface area (Å²) >= 11 is 1.39. The van der Waals surface area contributed by atoms with E-state index >= 15 is 0 Å². The van der Waals surface area contributed by atoms with Gasteiger partial charge in [0.1, 0.15) is 0 Å². The number of aliphatic hydroxyl groups is 1. The molecule has 1 rings (SSSR count). The normalized spacial score (nSPS) is 22.4. The molecule has 0 bridgehead atoms. The molecule has 0 amide bonds. The van der Waals surface area contributed by atoms with Gasteiger partial charge in [0.25, 0.3) is 0 Å². The molecule has 0 aromatic heterocycles. The van der Waals surface area contributed by atoms with Crippen LogP contribution in [0.15, 0.2) is 0 Å². The van der Waals surface area contributed by atoms with Crippen LogP contribution in [-0.4, -0.2) is 41.5 Å². The molecule has 0 unspecified atom stereocenters. The summed E-state index contributed by atoms with van der Waals surface area (Å²) in [7, 11) is 0. The van der Waals surface area contributed by atoms with Crippen molar-refractivity contribution in [2.75, 3.05) is 25.4 Å². The molecule has 11 heavy (non-hydrogen) atoms. The third-order valence-corrected chi connectivity index (χ3v) is 2.50. The number of rotatable bonds is 3. The monoisotopic (exact) mass is 176 g/mol. The van der Waals surface area contributed by atoms with E-state index in [0.717, 1.165) is 38.2 Å². The zero-order chi connectivity index (χ0) is 8.10. The Bertz CT molecular complexity index is 102. The zero-order valence-electron chi connectivity index (χ0n) is 6.70. The van der Waals surface area contributed by atoms with Crippen LogP contribution in [0.4, 0.5) is 0 Å². The standard InChI is InChI=1S/C7H16N2OS/c8-11-6-5-9-3-1-7(10)2-4-9/h7,10H,1-6,8H2. The lowest BCUT2D eigenvalue weighted by molar-refractivity contribution is 0.0857. The molecule has 3 N–H and O–H groups in total. The first-order valence-electron chi connectivity index (χ1n) is 4.05. The molecule has 1 saturated heterocycles. The fourth-order valence-corrected chi connectivity index (χ4v) is 1.69. The third kappa shape index (κ3) is 3.42. The molecule has 1 aliphatic heterocycles. The van der Waals surface area contributed by atoms with Gasteiger partial charge >= 0.3 is 0 Å². The van der Waals surface area contributed by atoms with Crippen molar-refractivity contribution in [1.29, 1.82) is 0 Å². The minimum absolute atomic E-state index is 0.0585. The van der Waals surface area contributed by atoms with Crippen LogP contribution in [0.2, 0.25) is 0 Å². The topological polar surface area (TPSA) is 49.5 Å². The molecule has 1 heterocycles. The number of nitrogens with zero attached hydrogens (tertiary/aromatic N) is 1. The van der Waals surface area contributed by atoms with Crippen LogP contribution >= 0.6 is 11.9 Å². The van der Waals surface area contributed by atoms with E-state index in [1.165, 1.54) is 11.9 Å². The van der Waals surface area contributed by atoms with Gasteiger partial charge in [0.2, 0.25) is 0 Å². The predicted molar refractivity (Wildman–Crippen MR) is 48.3 cm³/mol. The van der Waals surface area contributed by atoms with Crippen LogP contribution in [0.3, 0.4) is 0 Å². The van der Waals surface area contributed by atoms with E-state index in [-0.39, 0.29) is 6.10 Å². The van der Waals surface area contributed by atoms with Gasteiger partial charge in [-0.3, -0.25) is 5.14 Å². The fraction of sp³-hybridized carbons (Fsp3) is 1.00. The average molecular weight is 176 g/mol. The minimum atomic E-state index is -0.0585. The molecule has 66 valence electrons. The number of hydrogen-bond acceptors (Lipinski definition) is 4. The second-order valence-electron chi connectivity index (χ2n) is 2.94. The largest absolute Gasteiger partial charge is 0.393 e. The maximum absolute atomic E-state index is 9.20. The molecular weight excluding hydrogens is 160 g/mol. The summed E-state index contributed by atoms with van der Waals surface area (Å²) < 4.78 is 0. The van der Waals surface area contributed by atoms with Crippen molar-refractivity contribution >= 4 is 11.9 Å². The minimum Gasteiger partial charge on any atom is -0.393 e. The first-order valence-corrected chi connectivity index (χ1v) is 5.10. The number of nitrogens with two attached hydrogens (primary N) is 1. The highest BCUT2D eigenvalue weighted by molar-refractivity contribution is 7.97. The molecule has 0 aromatic carbocycles. The van der Waals surface area contributed by atoms with Crippen molar-refractivity contribution in [2.24, 2.45) is 5.14 Å². The second-order valence-corrected chi connectivity index (χ2v) is 3.69. The second kappa shape index (κ2) is 4.98. The Balaban J connectivity index is 2.07. The first kappa shape index (κ1) is 9.32. The Kier molecular flexibility index (Phi) is 4.22. The molecular formula is C7H16N2OS. The van der Waals surface area contributed by atoms with E-state index in [0.29, 0.717) is 0 Å². The lowest BCUT2D eigenvalue weighted by Gasteiger charge is -2.28. The Labute approximate surface area is 72.1 Å². The van der Waals surface area contributed by atoms with Crippen LogP contribution in [0, 0.1) is 0 Å². The Hall–Kier alpha value is 0.230. The van der Waals surface area contributed by atoms with E-state index in [1.54, 1.807) is 0 Å². The van der Waals surface area contributed by atoms with Crippen molar-refractivity contribution in [3.8, 4) is 0 Å². The highest BCUT2D eigenvalue weighted by Gasteiger charge is 2.15. The molecule has 0 spiro atoms. The maximum atomic E-state index is 9.20. The number of piperidine rings is 1. The van der Waals surface area contributed by atoms with E-state index in [2.05, 4.69) is 4.90 Å². The summed E-state index contributed by atoms with van der Waals surface area (Å²) in [6, 6.07) is 0. The maximum Gasteiger partial charge on any atom is 0.0564 e. The average Bonchev–Trinajstić information content (AvgIpc) is 2.04. The third-order valence-electron chi connectivity index (χ3n) is 2.08. The van der Waals surface area contributed by atoms with Crippen LogP contribution in [0.5, 0.6) is 0 Å². The smallest absolute Gasteiger partial charge is 0.0564 e. The lowest BCUT2D eigenvalue weighted by atomic mass is 10.1. The van der Waals surface area contributed by atoms with Gasteiger partial charge in [-0.15, -0.1) is 0 Å². The Morgan fingerprint density at radius 3 is 2.64 bits per heavy atom. The van der Waals surface area contributed by atoms with Crippen LogP contribution in [0.25, 0.3) is 0 Å². The molecule has 3 nitrogen and oxygen atoms in total. The van der Waals surface area contributed by atoms with Crippen molar-refractivity contribution in [1.82, 2.24) is 4.90 Å². The van der Waals surface area contributed by atoms with Crippen LogP contribution in [-0.2, 0) is 0 Å². The molecule has 1 fully saturated rings. The number of hydrogen-bond donors (Lipinski definition) is 2. The van der Waals surface area contributed by atoms with E-state index in [9.17, 15) is 5.11 Å². The van der Waals surface area contributed by atoms with E-state index in [1.807, 2.05) is 0 Å². The molecule has 1 aliphatic rings. The van der Waals surface area contributed by atoms with Gasteiger partial charge < -0.3 is 10.0 Å². The number of likely N-dealkylation sites (tertiary alicyclic amines) is 1. The van der Waals surface area contributed by atoms with Gasteiger partial charge in [-0.1, -0.05) is 11.9 Å². The molecule has 4 heteroatoms. The zero-order valence-corrected chi connectivity index (χ0v) is 7.52. The summed E-state index contributed by atoms with van der Waals surface area (Å²) in [4.78, 5) is 2.35. The van der Waals surface area contributed by atoms with Gasteiger partial charge in [0.05, 0.1) is 6.10 Å². The number of aliphatic hydroxyl groups excluding tert-OH is 1. The lowest BCUT2D eigenvalue weighted by Crippen LogP contribution is -2.37. The summed E-state index contributed by atoms with van der Waals surface area (Å²) in [6.45, 7) is 3.12.